The van der Waals surface area contributed by atoms with Crippen LogP contribution in [-0.2, 0) is 9.47 Å². The summed E-state index contributed by atoms with van der Waals surface area (Å²) in [4.78, 5) is 34.1. The van der Waals surface area contributed by atoms with Gasteiger partial charge in [-0.05, 0) is 12.3 Å². The molecule has 1 aromatic rings. The van der Waals surface area contributed by atoms with Crippen LogP contribution in [0.15, 0.2) is 12.4 Å². The second-order valence-corrected chi connectivity index (χ2v) is 6.67. The zero-order chi connectivity index (χ0) is 18.4. The number of hydrogen-bond acceptors (Lipinski definition) is 6. The smallest absolute Gasteiger partial charge is 0.358 e. The third-order valence-electron chi connectivity index (χ3n) is 4.37. The summed E-state index contributed by atoms with van der Waals surface area (Å²) in [6.07, 6.45) is 5.78. The predicted octanol–water partition coefficient (Wildman–Crippen LogP) is 2.32. The Morgan fingerprint density at radius 1 is 1.28 bits per heavy atom. The third-order valence-corrected chi connectivity index (χ3v) is 4.37. The number of hydrogen-bond donors (Lipinski definition) is 0. The minimum absolute atomic E-state index is 0.0156. The van der Waals surface area contributed by atoms with Gasteiger partial charge in [-0.1, -0.05) is 33.6 Å². The van der Waals surface area contributed by atoms with Crippen molar-refractivity contribution in [2.75, 3.05) is 20.2 Å². The van der Waals surface area contributed by atoms with E-state index in [-0.39, 0.29) is 29.5 Å². The van der Waals surface area contributed by atoms with Crippen LogP contribution in [0.1, 0.15) is 61.0 Å². The maximum absolute atomic E-state index is 12.8. The molecule has 0 spiro atoms. The lowest BCUT2D eigenvalue weighted by molar-refractivity contribution is -0.0963. The Labute approximate surface area is 148 Å². The van der Waals surface area contributed by atoms with Crippen molar-refractivity contribution in [3.8, 4) is 0 Å². The van der Waals surface area contributed by atoms with Gasteiger partial charge in [0.2, 0.25) is 0 Å². The number of unbranched alkanes of at least 4 members (excludes halogenated alkanes) is 1. The minimum Gasteiger partial charge on any atom is -0.464 e. The van der Waals surface area contributed by atoms with Gasteiger partial charge in [0.25, 0.3) is 5.91 Å². The van der Waals surface area contributed by atoms with Gasteiger partial charge < -0.3 is 14.4 Å². The SMILES string of the molecule is CCCC[C@@H]1CN(C(=O)c2cnc(C(=O)OC)cn2)C[C@H](C(C)C)O1. The first-order chi connectivity index (χ1) is 12.0. The summed E-state index contributed by atoms with van der Waals surface area (Å²) in [5.74, 6) is -0.427. The zero-order valence-electron chi connectivity index (χ0n) is 15.4. The minimum atomic E-state index is -0.572. The van der Waals surface area contributed by atoms with Gasteiger partial charge in [-0.15, -0.1) is 0 Å². The molecule has 1 aliphatic rings. The van der Waals surface area contributed by atoms with Gasteiger partial charge in [0.1, 0.15) is 5.69 Å². The van der Waals surface area contributed by atoms with Gasteiger partial charge in [-0.25, -0.2) is 14.8 Å². The van der Waals surface area contributed by atoms with Crippen molar-refractivity contribution in [1.29, 1.82) is 0 Å². The molecule has 2 heterocycles. The van der Waals surface area contributed by atoms with Gasteiger partial charge in [0.15, 0.2) is 5.69 Å². The molecule has 0 saturated carbocycles. The molecule has 0 unspecified atom stereocenters. The molecule has 1 saturated heterocycles. The van der Waals surface area contributed by atoms with E-state index in [9.17, 15) is 9.59 Å². The summed E-state index contributed by atoms with van der Waals surface area (Å²) in [5, 5.41) is 0. The van der Waals surface area contributed by atoms with Crippen LogP contribution in [0.5, 0.6) is 0 Å². The Kier molecular flexibility index (Phi) is 6.87. The second kappa shape index (κ2) is 8.89. The Hall–Kier alpha value is -2.02. The predicted molar refractivity (Wildman–Crippen MR) is 92.3 cm³/mol. The highest BCUT2D eigenvalue weighted by molar-refractivity contribution is 5.93. The van der Waals surface area contributed by atoms with Crippen LogP contribution in [0.2, 0.25) is 0 Å². The van der Waals surface area contributed by atoms with Crippen LogP contribution in [-0.4, -0.2) is 59.2 Å². The lowest BCUT2D eigenvalue weighted by Crippen LogP contribution is -2.51. The zero-order valence-corrected chi connectivity index (χ0v) is 15.4. The second-order valence-electron chi connectivity index (χ2n) is 6.67. The van der Waals surface area contributed by atoms with Gasteiger partial charge in [-0.3, -0.25) is 4.79 Å². The summed E-state index contributed by atoms with van der Waals surface area (Å²) in [5.41, 5.74) is 0.313. The van der Waals surface area contributed by atoms with Crippen molar-refractivity contribution in [3.63, 3.8) is 0 Å². The molecule has 7 heteroatoms. The van der Waals surface area contributed by atoms with Crippen LogP contribution < -0.4 is 0 Å². The van der Waals surface area contributed by atoms with Crippen LogP contribution >= 0.6 is 0 Å². The molecule has 1 amide bonds. The fourth-order valence-electron chi connectivity index (χ4n) is 2.81. The standard InChI is InChI=1S/C18H27N3O4/c1-5-6-7-13-10-21(11-16(25-13)12(2)3)17(22)14-8-20-15(9-19-14)18(23)24-4/h8-9,12-13,16H,5-7,10-11H2,1-4H3/t13-,16-/m1/s1. The first-order valence-electron chi connectivity index (χ1n) is 8.81. The number of morpholine rings is 1. The lowest BCUT2D eigenvalue weighted by atomic mass is 10.0. The van der Waals surface area contributed by atoms with Crippen molar-refractivity contribution in [2.45, 2.75) is 52.2 Å². The molecule has 0 aromatic carbocycles. The normalized spacial score (nSPS) is 20.6. The molecule has 138 valence electrons. The Morgan fingerprint density at radius 3 is 2.52 bits per heavy atom. The number of carbonyl (C=O) groups excluding carboxylic acids is 2. The fourth-order valence-corrected chi connectivity index (χ4v) is 2.81. The van der Waals surface area contributed by atoms with Crippen molar-refractivity contribution >= 4 is 11.9 Å². The molecule has 0 bridgehead atoms. The molecule has 1 aliphatic heterocycles. The van der Waals surface area contributed by atoms with Crippen molar-refractivity contribution in [1.82, 2.24) is 14.9 Å². The topological polar surface area (TPSA) is 81.6 Å². The van der Waals surface area contributed by atoms with E-state index in [2.05, 4.69) is 35.5 Å². The van der Waals surface area contributed by atoms with E-state index < -0.39 is 5.97 Å². The molecule has 2 atom stereocenters. The molecule has 0 radical (unpaired) electrons. The van der Waals surface area contributed by atoms with Gasteiger partial charge >= 0.3 is 5.97 Å². The Balaban J connectivity index is 2.11. The number of methoxy groups -OCH3 is 1. The number of nitrogens with zero attached hydrogens (tertiary/aromatic N) is 3. The molecular weight excluding hydrogens is 322 g/mol. The molecule has 25 heavy (non-hydrogen) atoms. The van der Waals surface area contributed by atoms with Crippen LogP contribution in [0.4, 0.5) is 0 Å². The highest BCUT2D eigenvalue weighted by Gasteiger charge is 2.32. The molecule has 0 aliphatic carbocycles. The van der Waals surface area contributed by atoms with E-state index in [0.717, 1.165) is 19.3 Å². The summed E-state index contributed by atoms with van der Waals surface area (Å²) < 4.78 is 10.7. The fraction of sp³-hybridized carbons (Fsp3) is 0.667. The highest BCUT2D eigenvalue weighted by Crippen LogP contribution is 2.22. The quantitative estimate of drug-likeness (QED) is 0.733. The molecule has 7 nitrogen and oxygen atoms in total. The maximum atomic E-state index is 12.8. The van der Waals surface area contributed by atoms with E-state index in [1.807, 2.05) is 0 Å². The van der Waals surface area contributed by atoms with E-state index in [4.69, 9.17) is 4.74 Å². The van der Waals surface area contributed by atoms with E-state index in [0.29, 0.717) is 19.0 Å². The van der Waals surface area contributed by atoms with Gasteiger partial charge in [0, 0.05) is 13.1 Å². The van der Waals surface area contributed by atoms with E-state index in [1.165, 1.54) is 19.5 Å². The van der Waals surface area contributed by atoms with E-state index >= 15 is 0 Å². The maximum Gasteiger partial charge on any atom is 0.358 e. The Bertz CT molecular complexity index is 588. The first-order valence-corrected chi connectivity index (χ1v) is 8.81. The Morgan fingerprint density at radius 2 is 1.96 bits per heavy atom. The molecular formula is C18H27N3O4. The first kappa shape index (κ1) is 19.3. The average Bonchev–Trinajstić information content (AvgIpc) is 2.64. The largest absolute Gasteiger partial charge is 0.464 e. The van der Waals surface area contributed by atoms with Crippen molar-refractivity contribution < 1.29 is 19.1 Å². The molecule has 2 rings (SSSR count). The van der Waals surface area contributed by atoms with Crippen molar-refractivity contribution in [3.05, 3.63) is 23.8 Å². The number of amides is 1. The van der Waals surface area contributed by atoms with Crippen LogP contribution in [0.25, 0.3) is 0 Å². The number of esters is 1. The summed E-state index contributed by atoms with van der Waals surface area (Å²) in [7, 11) is 1.28. The van der Waals surface area contributed by atoms with Gasteiger partial charge in [0.05, 0.1) is 31.7 Å². The number of ether oxygens (including phenoxy) is 2. The van der Waals surface area contributed by atoms with Crippen LogP contribution in [0, 0.1) is 5.92 Å². The van der Waals surface area contributed by atoms with Crippen LogP contribution in [0.3, 0.4) is 0 Å². The lowest BCUT2D eigenvalue weighted by Gasteiger charge is -2.39. The molecule has 1 aromatic heterocycles. The molecule has 1 fully saturated rings. The highest BCUT2D eigenvalue weighted by atomic mass is 16.5. The molecule has 0 N–H and O–H groups in total. The van der Waals surface area contributed by atoms with E-state index in [1.54, 1.807) is 4.90 Å². The number of carbonyl (C=O) groups is 2. The third kappa shape index (κ3) is 4.98. The summed E-state index contributed by atoms with van der Waals surface area (Å²) in [6.45, 7) is 7.44. The van der Waals surface area contributed by atoms with Gasteiger partial charge in [-0.2, -0.15) is 0 Å². The number of rotatable bonds is 6. The summed E-state index contributed by atoms with van der Waals surface area (Å²) >= 11 is 0. The average molecular weight is 349 g/mol. The monoisotopic (exact) mass is 349 g/mol. The van der Waals surface area contributed by atoms with Crippen molar-refractivity contribution in [2.24, 2.45) is 5.92 Å². The number of aromatic nitrogens is 2. The summed E-state index contributed by atoms with van der Waals surface area (Å²) in [6, 6.07) is 0.